The van der Waals surface area contributed by atoms with Crippen LogP contribution in [-0.2, 0) is 13.6 Å². The molecule has 0 saturated heterocycles. The van der Waals surface area contributed by atoms with Crippen molar-refractivity contribution in [3.8, 4) is 11.5 Å². The van der Waals surface area contributed by atoms with Crippen LogP contribution < -0.4 is 20.1 Å². The average molecular weight is 359 g/mol. The largest absolute Gasteiger partial charge is 0.497 e. The maximum Gasteiger partial charge on any atom is 0.191 e. The zero-order chi connectivity index (χ0) is 19.1. The number of aryl methyl sites for hydroxylation is 2. The molecular weight excluding hydrogens is 330 g/mol. The smallest absolute Gasteiger partial charge is 0.191 e. The van der Waals surface area contributed by atoms with E-state index in [0.717, 1.165) is 28.8 Å². The molecular formula is C19H29N5O2. The predicted octanol–water partition coefficient (Wildman–Crippen LogP) is 2.18. The number of ether oxygens (including phenoxy) is 2. The van der Waals surface area contributed by atoms with E-state index < -0.39 is 0 Å². The number of guanidine groups is 1. The zero-order valence-corrected chi connectivity index (χ0v) is 16.5. The minimum atomic E-state index is -0.0104. The highest BCUT2D eigenvalue weighted by molar-refractivity contribution is 5.79. The quantitative estimate of drug-likeness (QED) is 0.586. The molecule has 0 spiro atoms. The molecule has 1 unspecified atom stereocenters. The summed E-state index contributed by atoms with van der Waals surface area (Å²) < 4.78 is 12.9. The summed E-state index contributed by atoms with van der Waals surface area (Å²) in [4.78, 5) is 4.27. The molecule has 26 heavy (non-hydrogen) atoms. The van der Waals surface area contributed by atoms with Crippen molar-refractivity contribution in [3.05, 3.63) is 41.2 Å². The first kappa shape index (κ1) is 19.6. The molecule has 1 heterocycles. The molecule has 0 aliphatic rings. The van der Waals surface area contributed by atoms with Gasteiger partial charge in [-0.25, -0.2) is 0 Å². The van der Waals surface area contributed by atoms with Gasteiger partial charge in [0.15, 0.2) is 5.96 Å². The fourth-order valence-corrected chi connectivity index (χ4v) is 2.63. The van der Waals surface area contributed by atoms with Gasteiger partial charge in [-0.1, -0.05) is 0 Å². The van der Waals surface area contributed by atoms with E-state index in [1.165, 1.54) is 5.56 Å². The Hall–Kier alpha value is -2.70. The molecule has 0 bridgehead atoms. The second kappa shape index (κ2) is 9.12. The number of nitrogens with one attached hydrogen (secondary N) is 2. The van der Waals surface area contributed by atoms with Crippen molar-refractivity contribution >= 4 is 5.96 Å². The van der Waals surface area contributed by atoms with Crippen molar-refractivity contribution < 1.29 is 9.47 Å². The number of methoxy groups -OCH3 is 1. The Balaban J connectivity index is 1.82. The number of benzene rings is 1. The summed E-state index contributed by atoms with van der Waals surface area (Å²) in [5.74, 6) is 2.36. The zero-order valence-electron chi connectivity index (χ0n) is 16.5. The number of aliphatic imine (C=N–C) groups is 1. The monoisotopic (exact) mass is 359 g/mol. The molecule has 2 aromatic rings. The molecule has 7 nitrogen and oxygen atoms in total. The summed E-state index contributed by atoms with van der Waals surface area (Å²) in [6.07, 6.45) is -0.0104. The number of aromatic nitrogens is 2. The minimum Gasteiger partial charge on any atom is -0.497 e. The van der Waals surface area contributed by atoms with E-state index in [2.05, 4.69) is 27.6 Å². The molecule has 0 amide bonds. The SMILES string of the molecule is CN=C(NCc1c(C)nn(C)c1C)NCC(C)Oc1ccc(OC)cc1. The summed E-state index contributed by atoms with van der Waals surface area (Å²) in [6.45, 7) is 7.42. The van der Waals surface area contributed by atoms with Crippen molar-refractivity contribution in [3.63, 3.8) is 0 Å². The van der Waals surface area contributed by atoms with Crippen molar-refractivity contribution in [2.45, 2.75) is 33.4 Å². The van der Waals surface area contributed by atoms with Gasteiger partial charge >= 0.3 is 0 Å². The Morgan fingerprint density at radius 1 is 1.19 bits per heavy atom. The lowest BCUT2D eigenvalue weighted by atomic mass is 10.2. The first-order chi connectivity index (χ1) is 12.4. The fraction of sp³-hybridized carbons (Fsp3) is 0.474. The third-order valence-electron chi connectivity index (χ3n) is 4.27. The van der Waals surface area contributed by atoms with E-state index in [-0.39, 0.29) is 6.10 Å². The van der Waals surface area contributed by atoms with Crippen LogP contribution in [0.1, 0.15) is 23.9 Å². The van der Waals surface area contributed by atoms with Crippen LogP contribution >= 0.6 is 0 Å². The summed E-state index contributed by atoms with van der Waals surface area (Å²) >= 11 is 0. The van der Waals surface area contributed by atoms with Crippen LogP contribution in [0, 0.1) is 13.8 Å². The van der Waals surface area contributed by atoms with Crippen LogP contribution in [0.25, 0.3) is 0 Å². The summed E-state index contributed by atoms with van der Waals surface area (Å²) in [6, 6.07) is 7.57. The van der Waals surface area contributed by atoms with E-state index >= 15 is 0 Å². The van der Waals surface area contributed by atoms with Crippen LogP contribution in [0.15, 0.2) is 29.3 Å². The van der Waals surface area contributed by atoms with E-state index in [4.69, 9.17) is 9.47 Å². The average Bonchev–Trinajstić information content (AvgIpc) is 2.88. The number of nitrogens with zero attached hydrogens (tertiary/aromatic N) is 3. The van der Waals surface area contributed by atoms with Crippen molar-refractivity contribution in [2.75, 3.05) is 20.7 Å². The Morgan fingerprint density at radius 3 is 2.38 bits per heavy atom. The molecule has 0 saturated carbocycles. The molecule has 0 fully saturated rings. The summed E-state index contributed by atoms with van der Waals surface area (Å²) in [5.41, 5.74) is 3.38. The Bertz CT molecular complexity index is 737. The molecule has 0 aliphatic carbocycles. The molecule has 1 aromatic carbocycles. The van der Waals surface area contributed by atoms with E-state index in [0.29, 0.717) is 13.1 Å². The van der Waals surface area contributed by atoms with Gasteiger partial charge in [0.05, 0.1) is 19.3 Å². The number of hydrogen-bond acceptors (Lipinski definition) is 4. The standard InChI is InChI=1S/C19H29N5O2/c1-13(26-17-9-7-16(25-6)8-10-17)11-21-19(20-4)22-12-18-14(2)23-24(5)15(18)3/h7-10,13H,11-12H2,1-6H3,(H2,20,21,22). The van der Waals surface area contributed by atoms with Gasteiger partial charge in [0.2, 0.25) is 0 Å². The third-order valence-corrected chi connectivity index (χ3v) is 4.27. The molecule has 7 heteroatoms. The Labute approximate surface area is 155 Å². The second-order valence-corrected chi connectivity index (χ2v) is 6.18. The van der Waals surface area contributed by atoms with Gasteiger partial charge in [0, 0.05) is 31.9 Å². The Kier molecular flexibility index (Phi) is 6.89. The Morgan fingerprint density at radius 2 is 1.85 bits per heavy atom. The van der Waals surface area contributed by atoms with Crippen LogP contribution in [0.5, 0.6) is 11.5 Å². The van der Waals surface area contributed by atoms with Crippen molar-refractivity contribution in [1.29, 1.82) is 0 Å². The lowest BCUT2D eigenvalue weighted by Gasteiger charge is -2.18. The highest BCUT2D eigenvalue weighted by Crippen LogP contribution is 2.18. The summed E-state index contributed by atoms with van der Waals surface area (Å²) in [7, 11) is 5.36. The highest BCUT2D eigenvalue weighted by Gasteiger charge is 2.10. The molecule has 2 rings (SSSR count). The first-order valence-electron chi connectivity index (χ1n) is 8.69. The topological polar surface area (TPSA) is 72.7 Å². The minimum absolute atomic E-state index is 0.0104. The van der Waals surface area contributed by atoms with Gasteiger partial charge in [0.25, 0.3) is 0 Å². The van der Waals surface area contributed by atoms with Crippen LogP contribution in [0.2, 0.25) is 0 Å². The lowest BCUT2D eigenvalue weighted by molar-refractivity contribution is 0.223. The van der Waals surface area contributed by atoms with E-state index in [1.807, 2.05) is 49.8 Å². The van der Waals surface area contributed by atoms with Crippen LogP contribution in [0.3, 0.4) is 0 Å². The van der Waals surface area contributed by atoms with Gasteiger partial charge in [-0.05, 0) is 45.0 Å². The van der Waals surface area contributed by atoms with Gasteiger partial charge < -0.3 is 20.1 Å². The molecule has 1 aromatic heterocycles. The normalized spacial score (nSPS) is 12.6. The maximum atomic E-state index is 5.90. The van der Waals surface area contributed by atoms with Crippen LogP contribution in [-0.4, -0.2) is 42.5 Å². The highest BCUT2D eigenvalue weighted by atomic mass is 16.5. The number of rotatable bonds is 7. The third kappa shape index (κ3) is 5.15. The molecule has 2 N–H and O–H groups in total. The number of hydrogen-bond donors (Lipinski definition) is 2. The molecule has 0 radical (unpaired) electrons. The maximum absolute atomic E-state index is 5.90. The lowest BCUT2D eigenvalue weighted by Crippen LogP contribution is -2.41. The van der Waals surface area contributed by atoms with Gasteiger partial charge in [-0.2, -0.15) is 5.10 Å². The molecule has 142 valence electrons. The molecule has 1 atom stereocenters. The van der Waals surface area contributed by atoms with Crippen LogP contribution in [0.4, 0.5) is 0 Å². The second-order valence-electron chi connectivity index (χ2n) is 6.18. The predicted molar refractivity (Wildman–Crippen MR) is 104 cm³/mol. The van der Waals surface area contributed by atoms with E-state index in [1.54, 1.807) is 14.2 Å². The summed E-state index contributed by atoms with van der Waals surface area (Å²) in [5, 5.41) is 11.1. The fourth-order valence-electron chi connectivity index (χ4n) is 2.63. The first-order valence-corrected chi connectivity index (χ1v) is 8.69. The van der Waals surface area contributed by atoms with E-state index in [9.17, 15) is 0 Å². The van der Waals surface area contributed by atoms with Gasteiger partial charge in [0.1, 0.15) is 17.6 Å². The van der Waals surface area contributed by atoms with Gasteiger partial charge in [-0.15, -0.1) is 0 Å². The van der Waals surface area contributed by atoms with Crippen molar-refractivity contribution in [2.24, 2.45) is 12.0 Å². The molecule has 0 aliphatic heterocycles. The van der Waals surface area contributed by atoms with Gasteiger partial charge in [-0.3, -0.25) is 9.67 Å². The van der Waals surface area contributed by atoms with Crippen molar-refractivity contribution in [1.82, 2.24) is 20.4 Å².